The highest BCUT2D eigenvalue weighted by Crippen LogP contribution is 2.08. The zero-order valence-electron chi connectivity index (χ0n) is 7.59. The van der Waals surface area contributed by atoms with Crippen molar-refractivity contribution >= 4 is 17.5 Å². The lowest BCUT2D eigenvalue weighted by atomic mass is 10.2. The van der Waals surface area contributed by atoms with Gasteiger partial charge in [-0.2, -0.15) is 0 Å². The number of hydrogen-bond donors (Lipinski definition) is 0. The quantitative estimate of drug-likeness (QED) is 0.559. The number of rotatable bonds is 1. The summed E-state index contributed by atoms with van der Waals surface area (Å²) in [5.74, 6) is 0.158. The Morgan fingerprint density at radius 3 is 2.75 bits per heavy atom. The summed E-state index contributed by atoms with van der Waals surface area (Å²) in [4.78, 5) is 15.3. The summed E-state index contributed by atoms with van der Waals surface area (Å²) in [6.07, 6.45) is 0. The Kier molecular flexibility index (Phi) is 3.35. The van der Waals surface area contributed by atoms with Gasteiger partial charge in [0.05, 0.1) is 0 Å². The van der Waals surface area contributed by atoms with Crippen LogP contribution in [0.4, 0.5) is 0 Å². The first-order valence-electron chi connectivity index (χ1n) is 4.19. The molecule has 0 spiro atoms. The molecule has 1 fully saturated rings. The van der Waals surface area contributed by atoms with E-state index in [-0.39, 0.29) is 11.8 Å². The van der Waals surface area contributed by atoms with Crippen LogP contribution < -0.4 is 0 Å². The van der Waals surface area contributed by atoms with Gasteiger partial charge in [0.2, 0.25) is 5.91 Å². The molecular formula is C8H15ClN2O. The molecule has 12 heavy (non-hydrogen) atoms. The minimum absolute atomic E-state index is 0.0530. The van der Waals surface area contributed by atoms with E-state index in [0.717, 1.165) is 19.6 Å². The number of amides is 1. The molecule has 3 nitrogen and oxygen atoms in total. The minimum Gasteiger partial charge on any atom is -0.336 e. The van der Waals surface area contributed by atoms with Crippen LogP contribution in [0.2, 0.25) is 0 Å². The summed E-state index contributed by atoms with van der Waals surface area (Å²) >= 11 is 5.48. The summed E-state index contributed by atoms with van der Waals surface area (Å²) in [6, 6.07) is 0.301. The molecule has 70 valence electrons. The van der Waals surface area contributed by atoms with E-state index in [2.05, 4.69) is 18.9 Å². The Morgan fingerprint density at radius 2 is 2.25 bits per heavy atom. The predicted octanol–water partition coefficient (Wildman–Crippen LogP) is 0.388. The normalized spacial score (nSPS) is 25.9. The van der Waals surface area contributed by atoms with Gasteiger partial charge in [0.1, 0.15) is 5.88 Å². The lowest BCUT2D eigenvalue weighted by Crippen LogP contribution is -2.53. The van der Waals surface area contributed by atoms with Crippen LogP contribution in [0.25, 0.3) is 0 Å². The molecule has 0 aromatic rings. The molecule has 0 saturated carbocycles. The average molecular weight is 191 g/mol. The zero-order valence-corrected chi connectivity index (χ0v) is 8.34. The van der Waals surface area contributed by atoms with Gasteiger partial charge < -0.3 is 9.80 Å². The first-order chi connectivity index (χ1) is 5.65. The molecule has 0 aromatic heterocycles. The summed E-state index contributed by atoms with van der Waals surface area (Å²) < 4.78 is 0. The number of carbonyl (C=O) groups excluding carboxylic acids is 1. The molecule has 1 saturated heterocycles. The lowest BCUT2D eigenvalue weighted by Gasteiger charge is -2.37. The van der Waals surface area contributed by atoms with Gasteiger partial charge in [-0.3, -0.25) is 4.79 Å². The maximum Gasteiger partial charge on any atom is 0.237 e. The van der Waals surface area contributed by atoms with E-state index in [1.165, 1.54) is 0 Å². The van der Waals surface area contributed by atoms with Crippen molar-refractivity contribution in [2.45, 2.75) is 13.0 Å². The minimum atomic E-state index is 0.0530. The molecule has 0 radical (unpaired) electrons. The summed E-state index contributed by atoms with van der Waals surface area (Å²) in [6.45, 7) is 4.76. The van der Waals surface area contributed by atoms with Gasteiger partial charge in [0, 0.05) is 25.7 Å². The van der Waals surface area contributed by atoms with Crippen molar-refractivity contribution in [1.29, 1.82) is 0 Å². The molecule has 0 aliphatic carbocycles. The van der Waals surface area contributed by atoms with Gasteiger partial charge in [0.15, 0.2) is 0 Å². The van der Waals surface area contributed by atoms with Gasteiger partial charge in [-0.1, -0.05) is 0 Å². The monoisotopic (exact) mass is 190 g/mol. The van der Waals surface area contributed by atoms with Crippen LogP contribution in [0.5, 0.6) is 0 Å². The van der Waals surface area contributed by atoms with E-state index < -0.39 is 0 Å². The maximum absolute atomic E-state index is 11.3. The van der Waals surface area contributed by atoms with Gasteiger partial charge in [0.25, 0.3) is 0 Å². The van der Waals surface area contributed by atoms with Crippen molar-refractivity contribution < 1.29 is 4.79 Å². The fourth-order valence-corrected chi connectivity index (χ4v) is 1.74. The Balaban J connectivity index is 2.50. The third-order valence-corrected chi connectivity index (χ3v) is 2.49. The summed E-state index contributed by atoms with van der Waals surface area (Å²) in [5, 5.41) is 0. The highest BCUT2D eigenvalue weighted by atomic mass is 35.5. The standard InChI is InChI=1S/C8H15ClN2O/c1-7-6-10(2)3-4-11(7)8(12)5-9/h7H,3-6H2,1-2H3/t7-/m1/s1. The van der Waals surface area contributed by atoms with Crippen molar-refractivity contribution in [2.75, 3.05) is 32.6 Å². The van der Waals surface area contributed by atoms with E-state index in [0.29, 0.717) is 6.04 Å². The highest BCUT2D eigenvalue weighted by Gasteiger charge is 2.24. The van der Waals surface area contributed by atoms with E-state index in [4.69, 9.17) is 11.6 Å². The fourth-order valence-electron chi connectivity index (χ4n) is 1.59. The Labute approximate surface area is 78.3 Å². The first kappa shape index (κ1) is 9.81. The molecule has 1 aliphatic rings. The molecular weight excluding hydrogens is 176 g/mol. The zero-order chi connectivity index (χ0) is 9.14. The van der Waals surface area contributed by atoms with Gasteiger partial charge >= 0.3 is 0 Å². The molecule has 1 atom stereocenters. The average Bonchev–Trinajstić information content (AvgIpc) is 2.03. The second-order valence-electron chi connectivity index (χ2n) is 3.33. The van der Waals surface area contributed by atoms with Crippen LogP contribution in [0, 0.1) is 0 Å². The van der Waals surface area contributed by atoms with Crippen molar-refractivity contribution in [3.63, 3.8) is 0 Å². The van der Waals surface area contributed by atoms with E-state index in [9.17, 15) is 4.79 Å². The number of alkyl halides is 1. The number of piperazine rings is 1. The van der Waals surface area contributed by atoms with Crippen LogP contribution in [0.3, 0.4) is 0 Å². The maximum atomic E-state index is 11.3. The Bertz CT molecular complexity index is 174. The third-order valence-electron chi connectivity index (χ3n) is 2.27. The van der Waals surface area contributed by atoms with Crippen LogP contribution in [-0.4, -0.2) is 54.3 Å². The molecule has 1 heterocycles. The molecule has 0 bridgehead atoms. The number of likely N-dealkylation sites (N-methyl/N-ethyl adjacent to an activating group) is 1. The number of halogens is 1. The van der Waals surface area contributed by atoms with Crippen molar-refractivity contribution in [3.05, 3.63) is 0 Å². The number of nitrogens with zero attached hydrogens (tertiary/aromatic N) is 2. The largest absolute Gasteiger partial charge is 0.336 e. The molecule has 1 aliphatic heterocycles. The highest BCUT2D eigenvalue weighted by molar-refractivity contribution is 6.27. The van der Waals surface area contributed by atoms with Crippen LogP contribution in [0.15, 0.2) is 0 Å². The van der Waals surface area contributed by atoms with Crippen LogP contribution >= 0.6 is 11.6 Å². The second kappa shape index (κ2) is 4.10. The fraction of sp³-hybridized carbons (Fsp3) is 0.875. The van der Waals surface area contributed by atoms with Crippen molar-refractivity contribution in [3.8, 4) is 0 Å². The first-order valence-corrected chi connectivity index (χ1v) is 4.72. The van der Waals surface area contributed by atoms with E-state index in [1.807, 2.05) is 4.90 Å². The molecule has 0 aromatic carbocycles. The summed E-state index contributed by atoms with van der Waals surface area (Å²) in [7, 11) is 2.07. The van der Waals surface area contributed by atoms with Crippen LogP contribution in [0.1, 0.15) is 6.92 Å². The summed E-state index contributed by atoms with van der Waals surface area (Å²) in [5.41, 5.74) is 0. The SMILES string of the molecule is C[C@@H]1CN(C)CCN1C(=O)CCl. The predicted molar refractivity (Wildman–Crippen MR) is 49.4 cm³/mol. The molecule has 4 heteroatoms. The van der Waals surface area contributed by atoms with Crippen LogP contribution in [-0.2, 0) is 4.79 Å². The van der Waals surface area contributed by atoms with Crippen molar-refractivity contribution in [2.24, 2.45) is 0 Å². The smallest absolute Gasteiger partial charge is 0.237 e. The van der Waals surface area contributed by atoms with Crippen molar-refractivity contribution in [1.82, 2.24) is 9.80 Å². The molecule has 1 rings (SSSR count). The number of hydrogen-bond acceptors (Lipinski definition) is 2. The molecule has 0 unspecified atom stereocenters. The Hall–Kier alpha value is -0.280. The second-order valence-corrected chi connectivity index (χ2v) is 3.60. The van der Waals surface area contributed by atoms with Gasteiger partial charge in [-0.15, -0.1) is 11.6 Å². The Morgan fingerprint density at radius 1 is 1.58 bits per heavy atom. The van der Waals surface area contributed by atoms with E-state index in [1.54, 1.807) is 0 Å². The van der Waals surface area contributed by atoms with E-state index >= 15 is 0 Å². The molecule has 0 N–H and O–H groups in total. The third kappa shape index (κ3) is 2.11. The molecule has 1 amide bonds. The lowest BCUT2D eigenvalue weighted by molar-refractivity contribution is -0.132. The topological polar surface area (TPSA) is 23.6 Å². The number of carbonyl (C=O) groups is 1. The van der Waals surface area contributed by atoms with Gasteiger partial charge in [-0.25, -0.2) is 0 Å². The van der Waals surface area contributed by atoms with Gasteiger partial charge in [-0.05, 0) is 14.0 Å².